The number of anilines is 3. The van der Waals surface area contributed by atoms with Gasteiger partial charge < -0.3 is 15.1 Å². The van der Waals surface area contributed by atoms with Crippen LogP contribution in [-0.4, -0.2) is 30.9 Å². The van der Waals surface area contributed by atoms with Gasteiger partial charge in [0, 0.05) is 48.2 Å². The number of nitrogens with zero attached hydrogens (tertiary/aromatic N) is 2. The topological polar surface area (TPSA) is 52.7 Å². The molecule has 2 saturated heterocycles. The molecule has 4 rings (SSSR count). The standard InChI is InChI=1S/C23H27N3O2/c1-17-8-13-22(27)26(17)21-7-5-6-19(16-21)24-23(28)18-9-11-20(12-10-18)25-14-3-2-4-15-25/h5-7,9-12,16-17H,2-4,8,13-15H2,1H3,(H,24,28). The van der Waals surface area contributed by atoms with Crippen molar-refractivity contribution in [3.8, 4) is 0 Å². The maximum Gasteiger partial charge on any atom is 0.255 e. The molecule has 2 amide bonds. The lowest BCUT2D eigenvalue weighted by Gasteiger charge is -2.28. The lowest BCUT2D eigenvalue weighted by atomic mass is 10.1. The Morgan fingerprint density at radius 3 is 2.43 bits per heavy atom. The van der Waals surface area contributed by atoms with E-state index in [9.17, 15) is 9.59 Å². The van der Waals surface area contributed by atoms with E-state index < -0.39 is 0 Å². The highest BCUT2D eigenvalue weighted by Crippen LogP contribution is 2.28. The minimum absolute atomic E-state index is 0.136. The van der Waals surface area contributed by atoms with E-state index in [4.69, 9.17) is 0 Å². The Balaban J connectivity index is 1.45. The van der Waals surface area contributed by atoms with Crippen molar-refractivity contribution in [3.05, 3.63) is 54.1 Å². The first-order valence-corrected chi connectivity index (χ1v) is 10.2. The summed E-state index contributed by atoms with van der Waals surface area (Å²) in [5.74, 6) is 0.00687. The van der Waals surface area contributed by atoms with E-state index in [1.54, 1.807) is 0 Å². The Kier molecular flexibility index (Phi) is 5.33. The first-order valence-electron chi connectivity index (χ1n) is 10.2. The van der Waals surface area contributed by atoms with E-state index >= 15 is 0 Å². The fraction of sp³-hybridized carbons (Fsp3) is 0.391. The Bertz CT molecular complexity index is 856. The van der Waals surface area contributed by atoms with Gasteiger partial charge in [0.2, 0.25) is 5.91 Å². The molecule has 0 aliphatic carbocycles. The average molecular weight is 377 g/mol. The zero-order valence-electron chi connectivity index (χ0n) is 16.4. The van der Waals surface area contributed by atoms with Gasteiger partial charge in [-0.15, -0.1) is 0 Å². The van der Waals surface area contributed by atoms with Crippen LogP contribution in [0.15, 0.2) is 48.5 Å². The number of carbonyl (C=O) groups is 2. The minimum atomic E-state index is -0.136. The summed E-state index contributed by atoms with van der Waals surface area (Å²) in [6, 6.07) is 15.5. The third-order valence-corrected chi connectivity index (χ3v) is 5.72. The normalized spacial score (nSPS) is 19.8. The predicted octanol–water partition coefficient (Wildman–Crippen LogP) is 4.44. The molecular formula is C23H27N3O2. The van der Waals surface area contributed by atoms with Crippen molar-refractivity contribution in [3.63, 3.8) is 0 Å². The van der Waals surface area contributed by atoms with Crippen molar-refractivity contribution < 1.29 is 9.59 Å². The SMILES string of the molecule is CC1CCC(=O)N1c1cccc(NC(=O)c2ccc(N3CCCCC3)cc2)c1. The maximum atomic E-state index is 12.7. The second-order valence-corrected chi connectivity index (χ2v) is 7.75. The molecule has 0 bridgehead atoms. The molecule has 1 unspecified atom stereocenters. The molecule has 0 radical (unpaired) electrons. The number of piperidine rings is 1. The summed E-state index contributed by atoms with van der Waals surface area (Å²) >= 11 is 0. The first-order chi connectivity index (χ1) is 13.6. The van der Waals surface area contributed by atoms with Gasteiger partial charge in [-0.25, -0.2) is 0 Å². The number of nitrogens with one attached hydrogen (secondary N) is 1. The molecule has 2 aromatic carbocycles. The molecule has 28 heavy (non-hydrogen) atoms. The van der Waals surface area contributed by atoms with Crippen molar-refractivity contribution in [2.24, 2.45) is 0 Å². The summed E-state index contributed by atoms with van der Waals surface area (Å²) < 4.78 is 0. The Morgan fingerprint density at radius 2 is 1.75 bits per heavy atom. The second kappa shape index (κ2) is 8.05. The van der Waals surface area contributed by atoms with Crippen LogP contribution >= 0.6 is 0 Å². The van der Waals surface area contributed by atoms with E-state index in [0.29, 0.717) is 17.7 Å². The van der Waals surface area contributed by atoms with E-state index in [2.05, 4.69) is 17.1 Å². The summed E-state index contributed by atoms with van der Waals surface area (Å²) in [7, 11) is 0. The molecule has 5 nitrogen and oxygen atoms in total. The average Bonchev–Trinajstić information content (AvgIpc) is 3.07. The highest BCUT2D eigenvalue weighted by molar-refractivity contribution is 6.05. The van der Waals surface area contributed by atoms with Crippen LogP contribution in [0.2, 0.25) is 0 Å². The number of rotatable bonds is 4. The van der Waals surface area contributed by atoms with Crippen molar-refractivity contribution in [2.75, 3.05) is 28.2 Å². The van der Waals surface area contributed by atoms with Crippen molar-refractivity contribution in [1.29, 1.82) is 0 Å². The fourth-order valence-corrected chi connectivity index (χ4v) is 4.14. The van der Waals surface area contributed by atoms with Crippen LogP contribution in [0.1, 0.15) is 49.4 Å². The maximum absolute atomic E-state index is 12.7. The lowest BCUT2D eigenvalue weighted by Crippen LogP contribution is -2.30. The Labute approximate surface area is 166 Å². The largest absolute Gasteiger partial charge is 0.372 e. The van der Waals surface area contributed by atoms with E-state index in [-0.39, 0.29) is 17.9 Å². The molecule has 0 aromatic heterocycles. The molecule has 2 heterocycles. The second-order valence-electron chi connectivity index (χ2n) is 7.75. The summed E-state index contributed by atoms with van der Waals surface area (Å²) in [5.41, 5.74) is 3.36. The Hall–Kier alpha value is -2.82. The van der Waals surface area contributed by atoms with Crippen LogP contribution in [-0.2, 0) is 4.79 Å². The summed E-state index contributed by atoms with van der Waals surface area (Å²) in [6.07, 6.45) is 5.23. The molecule has 5 heteroatoms. The molecule has 2 aliphatic heterocycles. The van der Waals surface area contributed by atoms with Crippen LogP contribution in [0, 0.1) is 0 Å². The Morgan fingerprint density at radius 1 is 1.00 bits per heavy atom. The van der Waals surface area contributed by atoms with Gasteiger partial charge in [0.25, 0.3) is 5.91 Å². The van der Waals surface area contributed by atoms with Crippen molar-refractivity contribution in [1.82, 2.24) is 0 Å². The number of hydrogen-bond acceptors (Lipinski definition) is 3. The molecule has 1 N–H and O–H groups in total. The number of hydrogen-bond donors (Lipinski definition) is 1. The van der Waals surface area contributed by atoms with Crippen molar-refractivity contribution >= 4 is 28.9 Å². The van der Waals surface area contributed by atoms with Crippen LogP contribution in [0.25, 0.3) is 0 Å². The predicted molar refractivity (Wildman–Crippen MR) is 113 cm³/mol. The van der Waals surface area contributed by atoms with Crippen LogP contribution in [0.3, 0.4) is 0 Å². The van der Waals surface area contributed by atoms with Gasteiger partial charge in [-0.2, -0.15) is 0 Å². The van der Waals surface area contributed by atoms with E-state index in [1.165, 1.54) is 24.9 Å². The minimum Gasteiger partial charge on any atom is -0.372 e. The number of carbonyl (C=O) groups excluding carboxylic acids is 2. The van der Waals surface area contributed by atoms with E-state index in [0.717, 1.165) is 25.2 Å². The zero-order chi connectivity index (χ0) is 19.5. The van der Waals surface area contributed by atoms with Crippen LogP contribution in [0.5, 0.6) is 0 Å². The third-order valence-electron chi connectivity index (χ3n) is 5.72. The quantitative estimate of drug-likeness (QED) is 0.857. The zero-order valence-corrected chi connectivity index (χ0v) is 16.4. The molecule has 0 spiro atoms. The highest BCUT2D eigenvalue weighted by atomic mass is 16.2. The van der Waals surface area contributed by atoms with Crippen molar-refractivity contribution in [2.45, 2.75) is 45.1 Å². The van der Waals surface area contributed by atoms with Gasteiger partial charge in [0.1, 0.15) is 0 Å². The molecule has 1 atom stereocenters. The van der Waals surface area contributed by atoms with Gasteiger partial charge in [-0.05, 0) is 75.1 Å². The summed E-state index contributed by atoms with van der Waals surface area (Å²) in [4.78, 5) is 29.0. The smallest absolute Gasteiger partial charge is 0.255 e. The van der Waals surface area contributed by atoms with Gasteiger partial charge in [-0.3, -0.25) is 9.59 Å². The fourth-order valence-electron chi connectivity index (χ4n) is 4.14. The van der Waals surface area contributed by atoms with Gasteiger partial charge in [-0.1, -0.05) is 6.07 Å². The number of amides is 2. The van der Waals surface area contributed by atoms with Gasteiger partial charge in [0.15, 0.2) is 0 Å². The number of benzene rings is 2. The van der Waals surface area contributed by atoms with E-state index in [1.807, 2.05) is 53.4 Å². The molecule has 0 saturated carbocycles. The lowest BCUT2D eigenvalue weighted by molar-refractivity contribution is -0.117. The molecule has 2 aliphatic rings. The molecule has 146 valence electrons. The molecular weight excluding hydrogens is 350 g/mol. The first kappa shape index (κ1) is 18.5. The monoisotopic (exact) mass is 377 g/mol. The summed E-state index contributed by atoms with van der Waals surface area (Å²) in [6.45, 7) is 4.23. The highest BCUT2D eigenvalue weighted by Gasteiger charge is 2.28. The van der Waals surface area contributed by atoms with Crippen LogP contribution < -0.4 is 15.1 Å². The molecule has 2 fully saturated rings. The summed E-state index contributed by atoms with van der Waals surface area (Å²) in [5, 5.41) is 2.96. The van der Waals surface area contributed by atoms with Crippen LogP contribution in [0.4, 0.5) is 17.1 Å². The third kappa shape index (κ3) is 3.88. The van der Waals surface area contributed by atoms with Gasteiger partial charge in [0.05, 0.1) is 0 Å². The van der Waals surface area contributed by atoms with Gasteiger partial charge >= 0.3 is 0 Å². The molecule has 2 aromatic rings.